The second-order valence-corrected chi connectivity index (χ2v) is 9.23. The molecule has 4 rings (SSSR count). The van der Waals surface area contributed by atoms with Crippen LogP contribution in [0, 0.1) is 11.3 Å². The summed E-state index contributed by atoms with van der Waals surface area (Å²) in [6.07, 6.45) is 1.73. The van der Waals surface area contributed by atoms with Crippen LogP contribution in [0.15, 0.2) is 83.8 Å². The number of sulfonamides is 1. The highest BCUT2D eigenvalue weighted by Gasteiger charge is 2.44. The molecule has 0 aliphatic heterocycles. The van der Waals surface area contributed by atoms with Gasteiger partial charge in [0.2, 0.25) is 0 Å². The van der Waals surface area contributed by atoms with Crippen molar-refractivity contribution < 1.29 is 17.9 Å². The van der Waals surface area contributed by atoms with Crippen LogP contribution in [0.1, 0.15) is 18.4 Å². The first-order valence-corrected chi connectivity index (χ1v) is 11.5. The summed E-state index contributed by atoms with van der Waals surface area (Å²) in [5.74, 6) is 0.0282. The standard InChI is InChI=1S/C24H21N3O4S/c25-17-24(14-15-24)18-6-8-19(9-7-18)26-23(28)16-31-21-10-12-22(13-11-21)32(29,30)27-20-4-2-1-3-5-20/h1-13,27H,14-16H2,(H,26,28). The minimum atomic E-state index is -3.72. The molecular weight excluding hydrogens is 426 g/mol. The Morgan fingerprint density at radius 2 is 1.59 bits per heavy atom. The van der Waals surface area contributed by atoms with Crippen molar-refractivity contribution in [1.82, 2.24) is 0 Å². The molecule has 1 aliphatic rings. The Bertz CT molecular complexity index is 1250. The summed E-state index contributed by atoms with van der Waals surface area (Å²) < 4.78 is 32.9. The van der Waals surface area contributed by atoms with Gasteiger partial charge in [-0.25, -0.2) is 8.42 Å². The normalized spacial score (nSPS) is 14.1. The number of amides is 1. The van der Waals surface area contributed by atoms with Gasteiger partial charge in [-0.15, -0.1) is 0 Å². The van der Waals surface area contributed by atoms with E-state index in [1.807, 2.05) is 12.1 Å². The zero-order valence-electron chi connectivity index (χ0n) is 17.1. The molecule has 1 saturated carbocycles. The molecule has 7 nitrogen and oxygen atoms in total. The zero-order valence-corrected chi connectivity index (χ0v) is 17.9. The molecular formula is C24H21N3O4S. The number of nitrogens with zero attached hydrogens (tertiary/aromatic N) is 1. The molecule has 0 bridgehead atoms. The van der Waals surface area contributed by atoms with Crippen LogP contribution in [0.5, 0.6) is 5.75 Å². The second kappa shape index (κ2) is 8.73. The average molecular weight is 448 g/mol. The molecule has 32 heavy (non-hydrogen) atoms. The zero-order chi connectivity index (χ0) is 22.6. The van der Waals surface area contributed by atoms with E-state index >= 15 is 0 Å². The highest BCUT2D eigenvalue weighted by Crippen LogP contribution is 2.47. The molecule has 0 heterocycles. The first-order chi connectivity index (χ1) is 15.4. The third-order valence-electron chi connectivity index (χ3n) is 5.22. The second-order valence-electron chi connectivity index (χ2n) is 7.55. The van der Waals surface area contributed by atoms with Gasteiger partial charge in [-0.1, -0.05) is 30.3 Å². The number of para-hydroxylation sites is 1. The van der Waals surface area contributed by atoms with E-state index in [1.165, 1.54) is 24.3 Å². The van der Waals surface area contributed by atoms with Crippen molar-refractivity contribution in [3.05, 3.63) is 84.4 Å². The van der Waals surface area contributed by atoms with Gasteiger partial charge in [0.25, 0.3) is 15.9 Å². The number of carbonyl (C=O) groups excluding carboxylic acids is 1. The van der Waals surface area contributed by atoms with E-state index in [4.69, 9.17) is 4.74 Å². The monoisotopic (exact) mass is 447 g/mol. The number of nitriles is 1. The van der Waals surface area contributed by atoms with Crippen LogP contribution in [-0.4, -0.2) is 20.9 Å². The van der Waals surface area contributed by atoms with Gasteiger partial charge < -0.3 is 10.1 Å². The molecule has 3 aromatic carbocycles. The molecule has 1 fully saturated rings. The van der Waals surface area contributed by atoms with Crippen molar-refractivity contribution in [3.8, 4) is 11.8 Å². The van der Waals surface area contributed by atoms with Crippen molar-refractivity contribution in [3.63, 3.8) is 0 Å². The van der Waals surface area contributed by atoms with Crippen LogP contribution >= 0.6 is 0 Å². The van der Waals surface area contributed by atoms with E-state index in [1.54, 1.807) is 42.5 Å². The lowest BCUT2D eigenvalue weighted by atomic mass is 9.98. The summed E-state index contributed by atoms with van der Waals surface area (Å²) >= 11 is 0. The maximum atomic E-state index is 12.5. The van der Waals surface area contributed by atoms with E-state index in [9.17, 15) is 18.5 Å². The lowest BCUT2D eigenvalue weighted by molar-refractivity contribution is -0.118. The fourth-order valence-corrected chi connectivity index (χ4v) is 4.30. The molecule has 8 heteroatoms. The SMILES string of the molecule is N#CC1(c2ccc(NC(=O)COc3ccc(S(=O)(=O)Nc4ccccc4)cc3)cc2)CC1. The van der Waals surface area contributed by atoms with E-state index < -0.39 is 10.0 Å². The lowest BCUT2D eigenvalue weighted by Crippen LogP contribution is -2.20. The highest BCUT2D eigenvalue weighted by atomic mass is 32.2. The van der Waals surface area contributed by atoms with Gasteiger partial charge in [0, 0.05) is 11.4 Å². The number of hydrogen-bond acceptors (Lipinski definition) is 5. The number of benzene rings is 3. The maximum absolute atomic E-state index is 12.5. The van der Waals surface area contributed by atoms with Gasteiger partial charge >= 0.3 is 0 Å². The van der Waals surface area contributed by atoms with E-state index in [2.05, 4.69) is 16.1 Å². The number of carbonyl (C=O) groups is 1. The van der Waals surface area contributed by atoms with Crippen molar-refractivity contribution in [2.45, 2.75) is 23.2 Å². The molecule has 1 aliphatic carbocycles. The molecule has 1 amide bonds. The van der Waals surface area contributed by atoms with Crippen LogP contribution in [0.25, 0.3) is 0 Å². The Morgan fingerprint density at radius 3 is 2.19 bits per heavy atom. The largest absolute Gasteiger partial charge is 0.484 e. The number of ether oxygens (including phenoxy) is 1. The molecule has 2 N–H and O–H groups in total. The first-order valence-electron chi connectivity index (χ1n) is 10.0. The first kappa shape index (κ1) is 21.4. The summed E-state index contributed by atoms with van der Waals surface area (Å²) in [5, 5.41) is 12.0. The van der Waals surface area contributed by atoms with Gasteiger partial charge in [-0.3, -0.25) is 9.52 Å². The minimum Gasteiger partial charge on any atom is -0.484 e. The lowest BCUT2D eigenvalue weighted by Gasteiger charge is -2.11. The fourth-order valence-electron chi connectivity index (χ4n) is 3.24. The quantitative estimate of drug-likeness (QED) is 0.541. The Hall–Kier alpha value is -3.83. The van der Waals surface area contributed by atoms with E-state index in [0.29, 0.717) is 17.1 Å². The molecule has 162 valence electrons. The highest BCUT2D eigenvalue weighted by molar-refractivity contribution is 7.92. The van der Waals surface area contributed by atoms with Gasteiger partial charge in [0.1, 0.15) is 5.75 Å². The van der Waals surface area contributed by atoms with E-state index in [-0.39, 0.29) is 22.8 Å². The molecule has 0 atom stereocenters. The fraction of sp³-hybridized carbons (Fsp3) is 0.167. The Kier molecular flexibility index (Phi) is 5.84. The Balaban J connectivity index is 1.30. The number of anilines is 2. The summed E-state index contributed by atoms with van der Waals surface area (Å²) in [5.41, 5.74) is 1.69. The van der Waals surface area contributed by atoms with E-state index in [0.717, 1.165) is 18.4 Å². The van der Waals surface area contributed by atoms with Gasteiger partial charge in [-0.2, -0.15) is 5.26 Å². The maximum Gasteiger partial charge on any atom is 0.262 e. The Morgan fingerprint density at radius 1 is 0.938 bits per heavy atom. The Labute approximate surface area is 186 Å². The van der Waals surface area contributed by atoms with Gasteiger partial charge in [0.05, 0.1) is 16.4 Å². The topological polar surface area (TPSA) is 108 Å². The molecule has 3 aromatic rings. The van der Waals surface area contributed by atoms with Gasteiger partial charge in [-0.05, 0) is 66.9 Å². The van der Waals surface area contributed by atoms with Crippen molar-refractivity contribution in [2.24, 2.45) is 0 Å². The number of rotatable bonds is 8. The predicted molar refractivity (Wildman–Crippen MR) is 121 cm³/mol. The number of nitrogens with one attached hydrogen (secondary N) is 2. The van der Waals surface area contributed by atoms with Crippen LogP contribution in [-0.2, 0) is 20.2 Å². The summed E-state index contributed by atoms with van der Waals surface area (Å²) in [6.45, 7) is -0.224. The third-order valence-corrected chi connectivity index (χ3v) is 6.61. The molecule has 0 spiro atoms. The summed E-state index contributed by atoms with van der Waals surface area (Å²) in [7, 11) is -3.72. The number of hydrogen-bond donors (Lipinski definition) is 2. The van der Waals surface area contributed by atoms with Crippen molar-refractivity contribution in [1.29, 1.82) is 5.26 Å². The van der Waals surface area contributed by atoms with Gasteiger partial charge in [0.15, 0.2) is 6.61 Å². The average Bonchev–Trinajstić information content (AvgIpc) is 3.60. The summed E-state index contributed by atoms with van der Waals surface area (Å²) in [6, 6.07) is 24.0. The smallest absolute Gasteiger partial charge is 0.262 e. The minimum absolute atomic E-state index is 0.0871. The van der Waals surface area contributed by atoms with Crippen molar-refractivity contribution in [2.75, 3.05) is 16.6 Å². The van der Waals surface area contributed by atoms with Crippen LogP contribution in [0.4, 0.5) is 11.4 Å². The molecule has 0 radical (unpaired) electrons. The molecule has 0 unspecified atom stereocenters. The van der Waals surface area contributed by atoms with Crippen LogP contribution < -0.4 is 14.8 Å². The third kappa shape index (κ3) is 4.90. The molecule has 0 aromatic heterocycles. The predicted octanol–water partition coefficient (Wildman–Crippen LogP) is 4.06. The van der Waals surface area contributed by atoms with Crippen molar-refractivity contribution >= 4 is 27.3 Å². The summed E-state index contributed by atoms with van der Waals surface area (Å²) in [4.78, 5) is 12.3. The van der Waals surface area contributed by atoms with Crippen LogP contribution in [0.2, 0.25) is 0 Å². The van der Waals surface area contributed by atoms with Crippen LogP contribution in [0.3, 0.4) is 0 Å². The molecule has 0 saturated heterocycles.